The van der Waals surface area contributed by atoms with E-state index in [4.69, 9.17) is 0 Å². The summed E-state index contributed by atoms with van der Waals surface area (Å²) in [5.74, 6) is -1.09. The van der Waals surface area contributed by atoms with E-state index >= 15 is 0 Å². The third-order valence-corrected chi connectivity index (χ3v) is 3.51. The Kier molecular flexibility index (Phi) is 2.45. The van der Waals surface area contributed by atoms with Crippen LogP contribution in [-0.2, 0) is 18.4 Å². The Morgan fingerprint density at radius 1 is 0.944 bits per heavy atom. The fourth-order valence-electron chi connectivity index (χ4n) is 2.64. The van der Waals surface area contributed by atoms with Crippen LogP contribution in [0.15, 0.2) is 42.5 Å². The molecule has 3 heteroatoms. The summed E-state index contributed by atoms with van der Waals surface area (Å²) in [4.78, 5) is 0. The van der Waals surface area contributed by atoms with Gasteiger partial charge in [-0.25, -0.2) is 8.78 Å². The fraction of sp³-hybridized carbons (Fsp3) is 0.200. The molecule has 2 aromatic carbocycles. The predicted molar refractivity (Wildman–Crippen MR) is 64.1 cm³/mol. The molecule has 1 aliphatic carbocycles. The second-order valence-electron chi connectivity index (χ2n) is 4.78. The van der Waals surface area contributed by atoms with Gasteiger partial charge in [0.15, 0.2) is 0 Å². The summed E-state index contributed by atoms with van der Waals surface area (Å²) in [7, 11) is 0. The molecule has 0 spiro atoms. The molecule has 92 valence electrons. The van der Waals surface area contributed by atoms with Gasteiger partial charge < -0.3 is 5.11 Å². The number of hydrogen-bond acceptors (Lipinski definition) is 1. The molecule has 0 fully saturated rings. The second kappa shape index (κ2) is 3.89. The van der Waals surface area contributed by atoms with E-state index in [9.17, 15) is 13.9 Å². The van der Waals surface area contributed by atoms with E-state index in [0.29, 0.717) is 12.8 Å². The van der Waals surface area contributed by atoms with Crippen LogP contribution in [0.5, 0.6) is 0 Å². The molecule has 0 amide bonds. The van der Waals surface area contributed by atoms with Crippen molar-refractivity contribution < 1.29 is 13.9 Å². The van der Waals surface area contributed by atoms with Crippen LogP contribution in [0.2, 0.25) is 0 Å². The Balaban J connectivity index is 2.06. The molecule has 18 heavy (non-hydrogen) atoms. The topological polar surface area (TPSA) is 20.2 Å². The van der Waals surface area contributed by atoms with Crippen molar-refractivity contribution in [3.63, 3.8) is 0 Å². The zero-order valence-corrected chi connectivity index (χ0v) is 9.66. The van der Waals surface area contributed by atoms with Gasteiger partial charge in [-0.1, -0.05) is 24.3 Å². The van der Waals surface area contributed by atoms with Gasteiger partial charge in [0.25, 0.3) is 0 Å². The maximum atomic E-state index is 13.8. The van der Waals surface area contributed by atoms with E-state index in [-0.39, 0.29) is 5.56 Å². The van der Waals surface area contributed by atoms with Gasteiger partial charge >= 0.3 is 0 Å². The van der Waals surface area contributed by atoms with Gasteiger partial charge in [-0.3, -0.25) is 0 Å². The van der Waals surface area contributed by atoms with Crippen LogP contribution in [0.25, 0.3) is 0 Å². The van der Waals surface area contributed by atoms with Crippen molar-refractivity contribution in [3.05, 3.63) is 70.8 Å². The van der Waals surface area contributed by atoms with Crippen molar-refractivity contribution in [1.82, 2.24) is 0 Å². The Hall–Kier alpha value is -1.74. The highest BCUT2D eigenvalue weighted by Gasteiger charge is 2.38. The second-order valence-corrected chi connectivity index (χ2v) is 4.78. The van der Waals surface area contributed by atoms with Crippen molar-refractivity contribution in [1.29, 1.82) is 0 Å². The van der Waals surface area contributed by atoms with E-state index in [2.05, 4.69) is 0 Å². The number of hydrogen-bond donors (Lipinski definition) is 1. The monoisotopic (exact) mass is 246 g/mol. The maximum Gasteiger partial charge on any atom is 0.129 e. The van der Waals surface area contributed by atoms with Crippen LogP contribution < -0.4 is 0 Å². The van der Waals surface area contributed by atoms with Crippen LogP contribution in [0, 0.1) is 11.6 Å². The van der Waals surface area contributed by atoms with Gasteiger partial charge in [0, 0.05) is 18.4 Å². The summed E-state index contributed by atoms with van der Waals surface area (Å²) in [6.45, 7) is 0. The summed E-state index contributed by atoms with van der Waals surface area (Å²) in [6.07, 6.45) is 0.646. The summed E-state index contributed by atoms with van der Waals surface area (Å²) in [5, 5.41) is 10.6. The summed E-state index contributed by atoms with van der Waals surface area (Å²) in [5.41, 5.74) is 0.682. The smallest absolute Gasteiger partial charge is 0.129 e. The van der Waals surface area contributed by atoms with Gasteiger partial charge in [0.2, 0.25) is 0 Å². The SMILES string of the molecule is OC1(c2cc(F)ccc2F)Cc2ccccc2C1. The lowest BCUT2D eigenvalue weighted by Crippen LogP contribution is -2.27. The summed E-state index contributed by atoms with van der Waals surface area (Å²) in [6, 6.07) is 10.8. The number of halogens is 2. The first kappa shape index (κ1) is 11.4. The molecule has 0 saturated heterocycles. The Labute approximate surface area is 104 Å². The molecule has 0 radical (unpaired) electrons. The largest absolute Gasteiger partial charge is 0.384 e. The molecular formula is C15H12F2O. The van der Waals surface area contributed by atoms with Gasteiger partial charge in [-0.2, -0.15) is 0 Å². The summed E-state index contributed by atoms with van der Waals surface area (Å²) >= 11 is 0. The summed E-state index contributed by atoms with van der Waals surface area (Å²) < 4.78 is 27.0. The first-order chi connectivity index (χ1) is 8.58. The van der Waals surface area contributed by atoms with Crippen LogP contribution in [0.4, 0.5) is 8.78 Å². The van der Waals surface area contributed by atoms with E-state index in [0.717, 1.165) is 29.3 Å². The Morgan fingerprint density at radius 3 is 2.17 bits per heavy atom. The van der Waals surface area contributed by atoms with E-state index < -0.39 is 17.2 Å². The van der Waals surface area contributed by atoms with E-state index in [1.165, 1.54) is 0 Å². The van der Waals surface area contributed by atoms with Crippen molar-refractivity contribution in [2.45, 2.75) is 18.4 Å². The molecule has 3 rings (SSSR count). The molecule has 0 saturated carbocycles. The average Bonchev–Trinajstić information content (AvgIpc) is 2.69. The first-order valence-electron chi connectivity index (χ1n) is 5.83. The zero-order chi connectivity index (χ0) is 12.8. The van der Waals surface area contributed by atoms with Gasteiger partial charge in [0.05, 0.1) is 0 Å². The van der Waals surface area contributed by atoms with Crippen molar-refractivity contribution in [2.75, 3.05) is 0 Å². The van der Waals surface area contributed by atoms with E-state index in [1.54, 1.807) is 0 Å². The lowest BCUT2D eigenvalue weighted by atomic mass is 9.90. The molecule has 1 N–H and O–H groups in total. The normalized spacial score (nSPS) is 16.6. The highest BCUT2D eigenvalue weighted by atomic mass is 19.1. The third-order valence-electron chi connectivity index (χ3n) is 3.51. The minimum absolute atomic E-state index is 0.0405. The lowest BCUT2D eigenvalue weighted by molar-refractivity contribution is 0.0441. The van der Waals surface area contributed by atoms with Gasteiger partial charge in [-0.05, 0) is 29.3 Å². The molecule has 1 nitrogen and oxygen atoms in total. The number of benzene rings is 2. The molecule has 0 unspecified atom stereocenters. The van der Waals surface area contributed by atoms with Crippen molar-refractivity contribution in [3.8, 4) is 0 Å². The molecule has 1 aliphatic rings. The van der Waals surface area contributed by atoms with Crippen molar-refractivity contribution in [2.24, 2.45) is 0 Å². The maximum absolute atomic E-state index is 13.8. The number of aliphatic hydroxyl groups is 1. The predicted octanol–water partition coefficient (Wildman–Crippen LogP) is 2.95. The minimum Gasteiger partial charge on any atom is -0.384 e. The van der Waals surface area contributed by atoms with Gasteiger partial charge in [0.1, 0.15) is 17.2 Å². The van der Waals surface area contributed by atoms with Crippen LogP contribution >= 0.6 is 0 Å². The Bertz CT molecular complexity index is 582. The minimum atomic E-state index is -1.34. The average molecular weight is 246 g/mol. The molecule has 2 aromatic rings. The highest BCUT2D eigenvalue weighted by molar-refractivity contribution is 5.40. The lowest BCUT2D eigenvalue weighted by Gasteiger charge is -2.23. The van der Waals surface area contributed by atoms with Crippen LogP contribution in [0.3, 0.4) is 0 Å². The fourth-order valence-corrected chi connectivity index (χ4v) is 2.64. The van der Waals surface area contributed by atoms with E-state index in [1.807, 2.05) is 24.3 Å². The van der Waals surface area contributed by atoms with Gasteiger partial charge in [-0.15, -0.1) is 0 Å². The Morgan fingerprint density at radius 2 is 1.56 bits per heavy atom. The molecule has 0 heterocycles. The molecule has 0 aromatic heterocycles. The quantitative estimate of drug-likeness (QED) is 0.820. The van der Waals surface area contributed by atoms with Crippen LogP contribution in [0.1, 0.15) is 16.7 Å². The van der Waals surface area contributed by atoms with Crippen LogP contribution in [-0.4, -0.2) is 5.11 Å². The highest BCUT2D eigenvalue weighted by Crippen LogP contribution is 2.38. The first-order valence-corrected chi connectivity index (χ1v) is 5.83. The number of rotatable bonds is 1. The standard InChI is InChI=1S/C15H12F2O/c16-12-5-6-14(17)13(7-12)15(18)8-10-3-1-2-4-11(10)9-15/h1-7,18H,8-9H2. The molecule has 0 bridgehead atoms. The third kappa shape index (κ3) is 1.71. The molecule has 0 aliphatic heterocycles. The molecule has 0 atom stereocenters. The molecular weight excluding hydrogens is 234 g/mol. The van der Waals surface area contributed by atoms with Crippen molar-refractivity contribution >= 4 is 0 Å². The zero-order valence-electron chi connectivity index (χ0n) is 9.66. The number of fused-ring (bicyclic) bond motifs is 1.